The third-order valence-electron chi connectivity index (χ3n) is 5.13. The summed E-state index contributed by atoms with van der Waals surface area (Å²) in [4.78, 5) is 29.3. The van der Waals surface area contributed by atoms with Crippen LogP contribution in [0.3, 0.4) is 0 Å². The number of aromatic nitrogens is 3. The molecule has 0 aliphatic carbocycles. The number of nitrogens with one attached hydrogen (secondary N) is 2. The van der Waals surface area contributed by atoms with Crippen LogP contribution in [0.15, 0.2) is 18.2 Å². The maximum absolute atomic E-state index is 12.8. The van der Waals surface area contributed by atoms with Crippen LogP contribution in [-0.2, 0) is 14.3 Å². The molecular formula is C20H25F2N7O4. The van der Waals surface area contributed by atoms with Crippen LogP contribution in [0.5, 0.6) is 5.75 Å². The van der Waals surface area contributed by atoms with E-state index < -0.39 is 12.3 Å². The highest BCUT2D eigenvalue weighted by Crippen LogP contribution is 2.30. The Morgan fingerprint density at radius 2 is 1.55 bits per heavy atom. The predicted molar refractivity (Wildman–Crippen MR) is 117 cm³/mol. The molecule has 2 aromatic rings. The van der Waals surface area contributed by atoms with Gasteiger partial charge in [-0.25, -0.2) is 0 Å². The number of nitrogens with zero attached hydrogens (tertiary/aromatic N) is 5. The predicted octanol–water partition coefficient (Wildman–Crippen LogP) is 1.50. The summed E-state index contributed by atoms with van der Waals surface area (Å²) < 4.78 is 41.7. The summed E-state index contributed by atoms with van der Waals surface area (Å²) in [7, 11) is 1.48. The number of alkyl halides is 2. The lowest BCUT2D eigenvalue weighted by molar-refractivity contribution is -0.126. The molecular weight excluding hydrogens is 440 g/mol. The molecule has 0 radical (unpaired) electrons. The number of halogens is 2. The Hall–Kier alpha value is -3.32. The molecule has 13 heteroatoms. The van der Waals surface area contributed by atoms with Gasteiger partial charge in [0.1, 0.15) is 5.75 Å². The van der Waals surface area contributed by atoms with Crippen LogP contribution in [0.25, 0.3) is 0 Å². The Balaban J connectivity index is 1.68. The van der Waals surface area contributed by atoms with Crippen LogP contribution in [0, 0.1) is 0 Å². The minimum atomic E-state index is -3.15. The average molecular weight is 465 g/mol. The van der Waals surface area contributed by atoms with Gasteiger partial charge in [0.2, 0.25) is 17.8 Å². The maximum Gasteiger partial charge on any atom is 0.315 e. The maximum atomic E-state index is 12.8. The summed E-state index contributed by atoms with van der Waals surface area (Å²) in [6.45, 7) is 4.73. The molecule has 1 aromatic carbocycles. The number of benzene rings is 1. The SMILES string of the molecule is COc1ccc(NC(=O)C(F)F)c(Nc2nc(N3CCOCC3)nc(N3CCOCC3)n2)c1. The van der Waals surface area contributed by atoms with Gasteiger partial charge in [-0.05, 0) is 12.1 Å². The molecule has 2 fully saturated rings. The van der Waals surface area contributed by atoms with E-state index in [0.29, 0.717) is 75.9 Å². The Kier molecular flexibility index (Phi) is 7.29. The Morgan fingerprint density at radius 1 is 0.970 bits per heavy atom. The number of anilines is 5. The van der Waals surface area contributed by atoms with Crippen molar-refractivity contribution in [2.75, 3.05) is 80.1 Å². The summed E-state index contributed by atoms with van der Waals surface area (Å²) in [5, 5.41) is 5.24. The average Bonchev–Trinajstić information content (AvgIpc) is 2.86. The van der Waals surface area contributed by atoms with Gasteiger partial charge < -0.3 is 34.6 Å². The number of hydrogen-bond acceptors (Lipinski definition) is 10. The van der Waals surface area contributed by atoms with Crippen molar-refractivity contribution in [3.63, 3.8) is 0 Å². The molecule has 3 heterocycles. The molecule has 11 nitrogen and oxygen atoms in total. The van der Waals surface area contributed by atoms with E-state index in [9.17, 15) is 13.6 Å². The number of rotatable bonds is 7. The number of amides is 1. The molecule has 4 rings (SSSR count). The minimum Gasteiger partial charge on any atom is -0.497 e. The molecule has 178 valence electrons. The first-order valence-electron chi connectivity index (χ1n) is 10.5. The van der Waals surface area contributed by atoms with Crippen LogP contribution in [-0.4, -0.2) is 87.0 Å². The highest BCUT2D eigenvalue weighted by atomic mass is 19.3. The van der Waals surface area contributed by atoms with Gasteiger partial charge in [0.15, 0.2) is 0 Å². The van der Waals surface area contributed by atoms with Gasteiger partial charge in [0, 0.05) is 32.2 Å². The lowest BCUT2D eigenvalue weighted by atomic mass is 10.2. The highest BCUT2D eigenvalue weighted by molar-refractivity contribution is 5.96. The first kappa shape index (κ1) is 22.9. The molecule has 33 heavy (non-hydrogen) atoms. The van der Waals surface area contributed by atoms with Gasteiger partial charge >= 0.3 is 6.43 Å². The van der Waals surface area contributed by atoms with Crippen molar-refractivity contribution >= 4 is 35.1 Å². The van der Waals surface area contributed by atoms with Crippen LogP contribution in [0.4, 0.5) is 38.0 Å². The molecule has 1 amide bonds. The van der Waals surface area contributed by atoms with Gasteiger partial charge in [0.05, 0.1) is 44.9 Å². The number of carbonyl (C=O) groups excluding carboxylic acids is 1. The number of carbonyl (C=O) groups is 1. The first-order chi connectivity index (χ1) is 16.0. The van der Waals surface area contributed by atoms with E-state index in [1.807, 2.05) is 9.80 Å². The van der Waals surface area contributed by atoms with Crippen LogP contribution in [0.2, 0.25) is 0 Å². The normalized spacial score (nSPS) is 16.6. The zero-order valence-electron chi connectivity index (χ0n) is 18.1. The fraction of sp³-hybridized carbons (Fsp3) is 0.500. The first-order valence-corrected chi connectivity index (χ1v) is 10.5. The number of morpholine rings is 2. The summed E-state index contributed by atoms with van der Waals surface area (Å²) in [5.41, 5.74) is 0.442. The van der Waals surface area contributed by atoms with E-state index in [1.54, 1.807) is 12.1 Å². The van der Waals surface area contributed by atoms with Crippen molar-refractivity contribution in [3.8, 4) is 5.75 Å². The molecule has 0 unspecified atom stereocenters. The monoisotopic (exact) mass is 465 g/mol. The molecule has 0 saturated carbocycles. The minimum absolute atomic E-state index is 0.141. The molecule has 0 spiro atoms. The van der Waals surface area contributed by atoms with Crippen molar-refractivity contribution < 1.29 is 27.8 Å². The zero-order valence-corrected chi connectivity index (χ0v) is 18.1. The standard InChI is InChI=1S/C20H25F2N7O4/c1-31-13-2-3-14(23-17(30)16(21)22)15(12-13)24-18-25-19(28-4-8-32-9-5-28)27-20(26-18)29-6-10-33-11-7-29/h2-3,12,16H,4-11H2,1H3,(H,23,30)(H,24,25,26,27). The third kappa shape index (κ3) is 5.73. The largest absolute Gasteiger partial charge is 0.497 e. The third-order valence-corrected chi connectivity index (χ3v) is 5.13. The molecule has 2 aliphatic rings. The van der Waals surface area contributed by atoms with E-state index in [1.165, 1.54) is 13.2 Å². The van der Waals surface area contributed by atoms with E-state index >= 15 is 0 Å². The molecule has 2 saturated heterocycles. The quantitative estimate of drug-likeness (QED) is 0.624. The van der Waals surface area contributed by atoms with Gasteiger partial charge in [-0.1, -0.05) is 0 Å². The Bertz CT molecular complexity index is 933. The molecule has 0 atom stereocenters. The van der Waals surface area contributed by atoms with E-state index in [4.69, 9.17) is 14.2 Å². The summed E-state index contributed by atoms with van der Waals surface area (Å²) in [5.74, 6) is 0.191. The van der Waals surface area contributed by atoms with Crippen molar-refractivity contribution in [1.82, 2.24) is 15.0 Å². The van der Waals surface area contributed by atoms with Crippen LogP contribution in [0.1, 0.15) is 0 Å². The fourth-order valence-corrected chi connectivity index (χ4v) is 3.39. The smallest absolute Gasteiger partial charge is 0.315 e. The fourth-order valence-electron chi connectivity index (χ4n) is 3.39. The lowest BCUT2D eigenvalue weighted by Crippen LogP contribution is -2.40. The molecule has 1 aromatic heterocycles. The summed E-state index contributed by atoms with van der Waals surface area (Å²) >= 11 is 0. The van der Waals surface area contributed by atoms with Crippen molar-refractivity contribution in [2.24, 2.45) is 0 Å². The van der Waals surface area contributed by atoms with Gasteiger partial charge in [0.25, 0.3) is 5.91 Å². The Labute approximate surface area is 189 Å². The Morgan fingerprint density at radius 3 is 2.06 bits per heavy atom. The van der Waals surface area contributed by atoms with Crippen molar-refractivity contribution in [3.05, 3.63) is 18.2 Å². The molecule has 2 aliphatic heterocycles. The van der Waals surface area contributed by atoms with Crippen molar-refractivity contribution in [2.45, 2.75) is 6.43 Å². The van der Waals surface area contributed by atoms with E-state index in [0.717, 1.165) is 0 Å². The highest BCUT2D eigenvalue weighted by Gasteiger charge is 2.22. The topological polar surface area (TPSA) is 114 Å². The van der Waals surface area contributed by atoms with Crippen LogP contribution >= 0.6 is 0 Å². The number of ether oxygens (including phenoxy) is 3. The molecule has 2 N–H and O–H groups in total. The second-order valence-corrected chi connectivity index (χ2v) is 7.28. The van der Waals surface area contributed by atoms with Crippen LogP contribution < -0.4 is 25.2 Å². The zero-order chi connectivity index (χ0) is 23.2. The molecule has 0 bridgehead atoms. The van der Waals surface area contributed by atoms with E-state index in [2.05, 4.69) is 25.6 Å². The summed E-state index contributed by atoms with van der Waals surface area (Å²) in [6.07, 6.45) is -3.15. The van der Waals surface area contributed by atoms with Crippen molar-refractivity contribution in [1.29, 1.82) is 0 Å². The van der Waals surface area contributed by atoms with Gasteiger partial charge in [-0.2, -0.15) is 23.7 Å². The summed E-state index contributed by atoms with van der Waals surface area (Å²) in [6, 6.07) is 4.58. The second kappa shape index (κ2) is 10.5. The van der Waals surface area contributed by atoms with Gasteiger partial charge in [-0.15, -0.1) is 0 Å². The van der Waals surface area contributed by atoms with Gasteiger partial charge in [-0.3, -0.25) is 4.79 Å². The second-order valence-electron chi connectivity index (χ2n) is 7.28. The number of hydrogen-bond donors (Lipinski definition) is 2. The lowest BCUT2D eigenvalue weighted by Gasteiger charge is -2.30. The number of methoxy groups -OCH3 is 1. The van der Waals surface area contributed by atoms with E-state index in [-0.39, 0.29) is 11.6 Å².